The molecule has 0 aliphatic carbocycles. The predicted molar refractivity (Wildman–Crippen MR) is 111 cm³/mol. The third kappa shape index (κ3) is 3.58. The number of anilines is 1. The molecule has 1 fully saturated rings. The van der Waals surface area contributed by atoms with E-state index in [1.54, 1.807) is 24.3 Å². The Kier molecular flexibility index (Phi) is 5.27. The van der Waals surface area contributed by atoms with E-state index in [2.05, 4.69) is 37.2 Å². The van der Waals surface area contributed by atoms with Gasteiger partial charge in [0.2, 0.25) is 0 Å². The van der Waals surface area contributed by atoms with Crippen LogP contribution in [-0.2, 0) is 9.59 Å². The van der Waals surface area contributed by atoms with Gasteiger partial charge in [-0.05, 0) is 82.6 Å². The number of aromatic hydroxyl groups is 1. The molecule has 3 rings (SSSR count). The molecular weight excluding hydrogens is 484 g/mol. The molecule has 1 aliphatic heterocycles. The molecule has 0 aromatic heterocycles. The van der Waals surface area contributed by atoms with Crippen molar-refractivity contribution in [2.45, 2.75) is 6.92 Å². The Bertz CT molecular complexity index is 988. The Hall–Kier alpha value is -2.03. The first kappa shape index (κ1) is 18.8. The fraction of sp³-hybridized carbons (Fsp3) is 0.0556. The van der Waals surface area contributed by atoms with Gasteiger partial charge in [-0.2, -0.15) is 0 Å². The normalized spacial score (nSPS) is 16.2. The summed E-state index contributed by atoms with van der Waals surface area (Å²) >= 11 is 11.8. The zero-order valence-corrected chi connectivity index (χ0v) is 17.4. The summed E-state index contributed by atoms with van der Waals surface area (Å²) in [4.78, 5) is 26.6. The molecule has 0 atom stereocenters. The summed E-state index contributed by atoms with van der Waals surface area (Å²) < 4.78 is 1.34. The van der Waals surface area contributed by atoms with Crippen LogP contribution in [0.4, 0.5) is 5.69 Å². The summed E-state index contributed by atoms with van der Waals surface area (Å²) in [7, 11) is 0. The number of benzene rings is 2. The number of rotatable bonds is 2. The van der Waals surface area contributed by atoms with Gasteiger partial charge in [0.15, 0.2) is 5.11 Å². The number of hydrogen-bond donors (Lipinski definition) is 2. The summed E-state index contributed by atoms with van der Waals surface area (Å²) in [6, 6.07) is 10.1. The van der Waals surface area contributed by atoms with E-state index >= 15 is 0 Å². The fourth-order valence-electron chi connectivity index (χ4n) is 2.53. The van der Waals surface area contributed by atoms with Crippen molar-refractivity contribution in [1.82, 2.24) is 5.32 Å². The molecule has 1 aliphatic rings. The first-order chi connectivity index (χ1) is 12.3. The molecule has 2 amide bonds. The van der Waals surface area contributed by atoms with Crippen LogP contribution < -0.4 is 10.2 Å². The molecule has 26 heavy (non-hydrogen) atoms. The van der Waals surface area contributed by atoms with Gasteiger partial charge in [-0.25, -0.2) is 0 Å². The number of carbonyl (C=O) groups excluding carboxylic acids is 2. The van der Waals surface area contributed by atoms with Gasteiger partial charge < -0.3 is 5.11 Å². The van der Waals surface area contributed by atoms with Crippen LogP contribution in [0.25, 0.3) is 6.08 Å². The molecule has 1 heterocycles. The zero-order chi connectivity index (χ0) is 19.0. The average Bonchev–Trinajstić information content (AvgIpc) is 2.56. The third-order valence-corrected chi connectivity index (χ3v) is 5.20. The molecule has 0 saturated carbocycles. The quantitative estimate of drug-likeness (QED) is 0.374. The van der Waals surface area contributed by atoms with Crippen molar-refractivity contribution in [2.75, 3.05) is 4.90 Å². The molecule has 5 nitrogen and oxygen atoms in total. The number of halogens is 2. The highest BCUT2D eigenvalue weighted by Gasteiger charge is 2.35. The number of nitrogens with zero attached hydrogens (tertiary/aromatic N) is 1. The Labute approximate surface area is 172 Å². The largest absolute Gasteiger partial charge is 0.507 e. The van der Waals surface area contributed by atoms with E-state index in [-0.39, 0.29) is 16.4 Å². The topological polar surface area (TPSA) is 69.6 Å². The second-order valence-corrected chi connectivity index (χ2v) is 7.76. The molecule has 2 aromatic carbocycles. The maximum absolute atomic E-state index is 13.0. The van der Waals surface area contributed by atoms with E-state index in [4.69, 9.17) is 12.2 Å². The number of nitrogens with one attached hydrogen (secondary N) is 1. The Balaban J connectivity index is 2.05. The lowest BCUT2D eigenvalue weighted by Crippen LogP contribution is -2.54. The van der Waals surface area contributed by atoms with Crippen LogP contribution in [0, 0.1) is 6.92 Å². The molecular formula is C18H12Br2N2O3S. The number of aryl methyl sites for hydroxylation is 1. The smallest absolute Gasteiger partial charge is 0.270 e. The van der Waals surface area contributed by atoms with Gasteiger partial charge in [0.05, 0.1) is 10.2 Å². The second kappa shape index (κ2) is 7.30. The van der Waals surface area contributed by atoms with Crippen molar-refractivity contribution < 1.29 is 14.7 Å². The highest BCUT2D eigenvalue weighted by molar-refractivity contribution is 9.10. The minimum absolute atomic E-state index is 0.0365. The second-order valence-electron chi connectivity index (χ2n) is 5.60. The summed E-state index contributed by atoms with van der Waals surface area (Å²) in [5.74, 6) is -0.997. The predicted octanol–water partition coefficient (Wildman–Crippen LogP) is 4.06. The maximum atomic E-state index is 13.0. The van der Waals surface area contributed by atoms with Gasteiger partial charge >= 0.3 is 0 Å². The minimum atomic E-state index is -0.560. The molecule has 0 bridgehead atoms. The summed E-state index contributed by atoms with van der Waals surface area (Å²) in [5.41, 5.74) is 1.98. The Morgan fingerprint density at radius 2 is 1.88 bits per heavy atom. The minimum Gasteiger partial charge on any atom is -0.507 e. The number of carbonyl (C=O) groups is 2. The first-order valence-electron chi connectivity index (χ1n) is 7.44. The van der Waals surface area contributed by atoms with Gasteiger partial charge in [0.1, 0.15) is 11.3 Å². The Morgan fingerprint density at radius 1 is 1.15 bits per heavy atom. The van der Waals surface area contributed by atoms with E-state index in [0.717, 1.165) is 10.0 Å². The monoisotopic (exact) mass is 494 g/mol. The molecule has 2 aromatic rings. The van der Waals surface area contributed by atoms with Crippen molar-refractivity contribution in [2.24, 2.45) is 0 Å². The van der Waals surface area contributed by atoms with E-state index in [1.165, 1.54) is 17.0 Å². The van der Waals surface area contributed by atoms with Crippen molar-refractivity contribution in [3.05, 3.63) is 62.0 Å². The third-order valence-electron chi connectivity index (χ3n) is 3.78. The van der Waals surface area contributed by atoms with Crippen LogP contribution in [0.1, 0.15) is 11.1 Å². The molecule has 8 heteroatoms. The molecule has 0 unspecified atom stereocenters. The summed E-state index contributed by atoms with van der Waals surface area (Å²) in [6.45, 7) is 1.85. The lowest BCUT2D eigenvalue weighted by molar-refractivity contribution is -0.122. The van der Waals surface area contributed by atoms with Gasteiger partial charge in [-0.1, -0.05) is 22.0 Å². The highest BCUT2D eigenvalue weighted by atomic mass is 79.9. The van der Waals surface area contributed by atoms with Crippen molar-refractivity contribution in [3.8, 4) is 5.75 Å². The van der Waals surface area contributed by atoms with Crippen LogP contribution in [0.5, 0.6) is 5.75 Å². The molecule has 2 N–H and O–H groups in total. The average molecular weight is 496 g/mol. The first-order valence-corrected chi connectivity index (χ1v) is 9.43. The number of phenols is 1. The van der Waals surface area contributed by atoms with Gasteiger partial charge in [-0.3, -0.25) is 19.8 Å². The maximum Gasteiger partial charge on any atom is 0.270 e. The number of phenolic OH excluding ortho intramolecular Hbond substituents is 1. The van der Waals surface area contributed by atoms with Gasteiger partial charge in [0, 0.05) is 4.47 Å². The van der Waals surface area contributed by atoms with Crippen molar-refractivity contribution in [3.63, 3.8) is 0 Å². The lowest BCUT2D eigenvalue weighted by Gasteiger charge is -2.30. The van der Waals surface area contributed by atoms with E-state index in [9.17, 15) is 14.7 Å². The number of amides is 2. The lowest BCUT2D eigenvalue weighted by atomic mass is 10.1. The van der Waals surface area contributed by atoms with E-state index < -0.39 is 11.8 Å². The van der Waals surface area contributed by atoms with Crippen molar-refractivity contribution in [1.29, 1.82) is 0 Å². The molecule has 0 radical (unpaired) electrons. The molecule has 1 saturated heterocycles. The summed E-state index contributed by atoms with van der Waals surface area (Å²) in [6.07, 6.45) is 1.46. The molecule has 132 valence electrons. The van der Waals surface area contributed by atoms with Gasteiger partial charge in [0.25, 0.3) is 11.8 Å². The van der Waals surface area contributed by atoms with Crippen molar-refractivity contribution >= 4 is 72.8 Å². The van der Waals surface area contributed by atoms with Crippen LogP contribution in [-0.4, -0.2) is 22.0 Å². The van der Waals surface area contributed by atoms with Crippen LogP contribution in [0.2, 0.25) is 0 Å². The van der Waals surface area contributed by atoms with Crippen LogP contribution >= 0.6 is 44.1 Å². The number of hydrogen-bond acceptors (Lipinski definition) is 4. The van der Waals surface area contributed by atoms with E-state index in [0.29, 0.717) is 15.7 Å². The summed E-state index contributed by atoms with van der Waals surface area (Å²) in [5, 5.41) is 12.2. The van der Waals surface area contributed by atoms with Gasteiger partial charge in [-0.15, -0.1) is 0 Å². The SMILES string of the molecule is Cc1cc(Br)ccc1N1C(=O)/C(=C\c2ccc(O)c(Br)c2)C(=O)NC1=S. The van der Waals surface area contributed by atoms with Crippen LogP contribution in [0.15, 0.2) is 50.9 Å². The van der Waals surface area contributed by atoms with E-state index in [1.807, 2.05) is 13.0 Å². The Morgan fingerprint density at radius 3 is 2.54 bits per heavy atom. The number of thiocarbonyl (C=S) groups is 1. The zero-order valence-electron chi connectivity index (χ0n) is 13.4. The standard InChI is InChI=1S/C18H12Br2N2O3S/c1-9-6-11(19)3-4-14(9)22-17(25)12(16(24)21-18(22)26)7-10-2-5-15(23)13(20)8-10/h2-8,23H,1H3,(H,21,24,26)/b12-7-. The highest BCUT2D eigenvalue weighted by Crippen LogP contribution is 2.29. The van der Waals surface area contributed by atoms with Crippen LogP contribution in [0.3, 0.4) is 0 Å². The molecule has 0 spiro atoms. The fourth-order valence-corrected chi connectivity index (χ4v) is 3.67.